The first kappa shape index (κ1) is 14.2. The van der Waals surface area contributed by atoms with Crippen molar-refractivity contribution in [2.24, 2.45) is 0 Å². The van der Waals surface area contributed by atoms with Gasteiger partial charge in [-0.05, 0) is 24.3 Å². The molecule has 9 heteroatoms. The standard InChI is InChI=1S/C11H10N2O6S/c1-12-9(14)6-10(15)13(11(12)16)7-2-4-8(5-3-7)20(17,18)19/h2-5H,6H2,1H3,(H,17,18,19). The van der Waals surface area contributed by atoms with E-state index in [4.69, 9.17) is 4.55 Å². The summed E-state index contributed by atoms with van der Waals surface area (Å²) in [5, 5.41) is 0. The Hall–Kier alpha value is -2.26. The van der Waals surface area contributed by atoms with Crippen molar-refractivity contribution in [3.05, 3.63) is 24.3 Å². The molecule has 0 aliphatic carbocycles. The maximum Gasteiger partial charge on any atom is 0.337 e. The molecule has 1 fully saturated rings. The SMILES string of the molecule is CN1C(=O)CC(=O)N(c2ccc(S(=O)(=O)O)cc2)C1=O. The van der Waals surface area contributed by atoms with Crippen LogP contribution in [0.3, 0.4) is 0 Å². The van der Waals surface area contributed by atoms with Crippen LogP contribution >= 0.6 is 0 Å². The Morgan fingerprint density at radius 2 is 1.60 bits per heavy atom. The highest BCUT2D eigenvalue weighted by molar-refractivity contribution is 7.85. The van der Waals surface area contributed by atoms with Crippen molar-refractivity contribution in [1.82, 2.24) is 4.90 Å². The van der Waals surface area contributed by atoms with Crippen molar-refractivity contribution in [2.45, 2.75) is 11.3 Å². The van der Waals surface area contributed by atoms with Crippen LogP contribution in [0.2, 0.25) is 0 Å². The molecule has 0 unspecified atom stereocenters. The van der Waals surface area contributed by atoms with E-state index in [2.05, 4.69) is 0 Å². The van der Waals surface area contributed by atoms with Gasteiger partial charge in [0.15, 0.2) is 0 Å². The number of carbonyl (C=O) groups excluding carboxylic acids is 3. The number of benzene rings is 1. The van der Waals surface area contributed by atoms with Crippen molar-refractivity contribution in [2.75, 3.05) is 11.9 Å². The number of rotatable bonds is 2. The van der Waals surface area contributed by atoms with Crippen LogP contribution in [0.4, 0.5) is 10.5 Å². The molecule has 4 amide bonds. The first-order valence-corrected chi connectivity index (χ1v) is 6.87. The van der Waals surface area contributed by atoms with Gasteiger partial charge in [-0.2, -0.15) is 8.42 Å². The molecule has 20 heavy (non-hydrogen) atoms. The summed E-state index contributed by atoms with van der Waals surface area (Å²) < 4.78 is 30.6. The van der Waals surface area contributed by atoms with Gasteiger partial charge in [0, 0.05) is 7.05 Å². The Morgan fingerprint density at radius 1 is 1.05 bits per heavy atom. The molecule has 0 radical (unpaired) electrons. The smallest absolute Gasteiger partial charge is 0.282 e. The summed E-state index contributed by atoms with van der Waals surface area (Å²) in [4.78, 5) is 36.1. The van der Waals surface area contributed by atoms with Crippen LogP contribution in [0, 0.1) is 0 Å². The van der Waals surface area contributed by atoms with Gasteiger partial charge in [0.2, 0.25) is 11.8 Å². The Kier molecular flexibility index (Phi) is 3.32. The zero-order chi connectivity index (χ0) is 15.1. The lowest BCUT2D eigenvalue weighted by Crippen LogP contribution is -2.53. The highest BCUT2D eigenvalue weighted by atomic mass is 32.2. The van der Waals surface area contributed by atoms with E-state index in [0.29, 0.717) is 0 Å². The molecule has 0 bridgehead atoms. The number of barbiturate groups is 1. The van der Waals surface area contributed by atoms with E-state index in [1.165, 1.54) is 19.2 Å². The Balaban J connectivity index is 2.38. The number of nitrogens with zero attached hydrogens (tertiary/aromatic N) is 2. The minimum absolute atomic E-state index is 0.117. The zero-order valence-electron chi connectivity index (χ0n) is 10.3. The summed E-state index contributed by atoms with van der Waals surface area (Å²) >= 11 is 0. The van der Waals surface area contributed by atoms with Crippen molar-refractivity contribution in [1.29, 1.82) is 0 Å². The molecule has 1 heterocycles. The topological polar surface area (TPSA) is 112 Å². The van der Waals surface area contributed by atoms with E-state index in [-0.39, 0.29) is 10.6 Å². The molecule has 0 spiro atoms. The number of hydrogen-bond acceptors (Lipinski definition) is 5. The molecule has 0 saturated carbocycles. The average molecular weight is 298 g/mol. The van der Waals surface area contributed by atoms with E-state index in [1.54, 1.807) is 0 Å². The third-order valence-electron chi connectivity index (χ3n) is 2.80. The lowest BCUT2D eigenvalue weighted by Gasteiger charge is -2.30. The molecule has 1 aliphatic heterocycles. The predicted molar refractivity (Wildman–Crippen MR) is 66.5 cm³/mol. The van der Waals surface area contributed by atoms with Crippen LogP contribution in [-0.2, 0) is 19.7 Å². The lowest BCUT2D eigenvalue weighted by atomic mass is 10.2. The maximum absolute atomic E-state index is 11.9. The van der Waals surface area contributed by atoms with Crippen LogP contribution in [0.1, 0.15) is 6.42 Å². The van der Waals surface area contributed by atoms with Gasteiger partial charge in [-0.15, -0.1) is 0 Å². The third kappa shape index (κ3) is 2.40. The lowest BCUT2D eigenvalue weighted by molar-refractivity contribution is -0.134. The van der Waals surface area contributed by atoms with E-state index in [1.807, 2.05) is 0 Å². The van der Waals surface area contributed by atoms with Crippen molar-refractivity contribution >= 4 is 33.7 Å². The molecule has 8 nitrogen and oxygen atoms in total. The second-order valence-electron chi connectivity index (χ2n) is 4.11. The second-order valence-corrected chi connectivity index (χ2v) is 5.53. The normalized spacial score (nSPS) is 16.8. The summed E-state index contributed by atoms with van der Waals surface area (Å²) in [6.07, 6.45) is -0.442. The number of urea groups is 1. The maximum atomic E-state index is 11.9. The molecule has 1 saturated heterocycles. The van der Waals surface area contributed by atoms with Gasteiger partial charge in [0.25, 0.3) is 10.1 Å². The van der Waals surface area contributed by atoms with Crippen molar-refractivity contribution < 1.29 is 27.4 Å². The summed E-state index contributed by atoms with van der Waals surface area (Å²) in [7, 11) is -3.10. The van der Waals surface area contributed by atoms with E-state index in [9.17, 15) is 22.8 Å². The van der Waals surface area contributed by atoms with Crippen LogP contribution in [-0.4, -0.2) is 42.8 Å². The largest absolute Gasteiger partial charge is 0.337 e. The fourth-order valence-corrected chi connectivity index (χ4v) is 2.19. The second kappa shape index (κ2) is 4.69. The van der Waals surface area contributed by atoms with Crippen LogP contribution in [0.5, 0.6) is 0 Å². The van der Waals surface area contributed by atoms with E-state index < -0.39 is 34.4 Å². The summed E-state index contributed by atoms with van der Waals surface area (Å²) in [6.45, 7) is 0. The van der Waals surface area contributed by atoms with Gasteiger partial charge < -0.3 is 0 Å². The first-order chi connectivity index (χ1) is 9.21. The highest BCUT2D eigenvalue weighted by Crippen LogP contribution is 2.22. The Morgan fingerprint density at radius 3 is 2.10 bits per heavy atom. The Bertz CT molecular complexity index is 694. The highest BCUT2D eigenvalue weighted by Gasteiger charge is 2.36. The molecule has 1 aliphatic rings. The molecule has 1 aromatic carbocycles. The summed E-state index contributed by atoms with van der Waals surface area (Å²) in [5.74, 6) is -1.30. The molecular formula is C11H10N2O6S. The fraction of sp³-hybridized carbons (Fsp3) is 0.182. The number of carbonyl (C=O) groups is 3. The third-order valence-corrected chi connectivity index (χ3v) is 3.66. The van der Waals surface area contributed by atoms with Crippen molar-refractivity contribution in [3.8, 4) is 0 Å². The van der Waals surface area contributed by atoms with Crippen LogP contribution < -0.4 is 4.90 Å². The monoisotopic (exact) mass is 298 g/mol. The van der Waals surface area contributed by atoms with Gasteiger partial charge in [-0.1, -0.05) is 0 Å². The van der Waals surface area contributed by atoms with Gasteiger partial charge in [-0.3, -0.25) is 19.0 Å². The van der Waals surface area contributed by atoms with Gasteiger partial charge >= 0.3 is 6.03 Å². The quantitative estimate of drug-likeness (QED) is 0.618. The predicted octanol–water partition coefficient (Wildman–Crippen LogP) is 0.248. The fourth-order valence-electron chi connectivity index (χ4n) is 1.71. The molecule has 106 valence electrons. The van der Waals surface area contributed by atoms with Gasteiger partial charge in [0.1, 0.15) is 6.42 Å². The van der Waals surface area contributed by atoms with E-state index in [0.717, 1.165) is 21.9 Å². The molecule has 0 atom stereocenters. The minimum atomic E-state index is -4.35. The number of anilines is 1. The molecule has 1 aromatic rings. The summed E-state index contributed by atoms with van der Waals surface area (Å²) in [6, 6.07) is 3.69. The molecular weight excluding hydrogens is 288 g/mol. The van der Waals surface area contributed by atoms with Crippen LogP contribution in [0.15, 0.2) is 29.2 Å². The first-order valence-electron chi connectivity index (χ1n) is 5.43. The molecule has 2 rings (SSSR count). The van der Waals surface area contributed by atoms with Gasteiger partial charge in [-0.25, -0.2) is 9.69 Å². The molecule has 0 aromatic heterocycles. The number of imide groups is 2. The number of hydrogen-bond donors (Lipinski definition) is 1. The van der Waals surface area contributed by atoms with Crippen molar-refractivity contribution in [3.63, 3.8) is 0 Å². The summed E-state index contributed by atoms with van der Waals surface area (Å²) in [5.41, 5.74) is 0.117. The molecule has 1 N–H and O–H groups in total. The number of amides is 4. The van der Waals surface area contributed by atoms with Gasteiger partial charge in [0.05, 0.1) is 10.6 Å². The van der Waals surface area contributed by atoms with E-state index >= 15 is 0 Å². The average Bonchev–Trinajstić information content (AvgIpc) is 2.36. The minimum Gasteiger partial charge on any atom is -0.282 e. The zero-order valence-corrected chi connectivity index (χ0v) is 11.1. The Labute approximate surface area is 114 Å². The van der Waals surface area contributed by atoms with Crippen LogP contribution in [0.25, 0.3) is 0 Å².